The summed E-state index contributed by atoms with van der Waals surface area (Å²) in [5.74, 6) is -2.80. The summed E-state index contributed by atoms with van der Waals surface area (Å²) in [5.41, 5.74) is 0.211. The maximum absolute atomic E-state index is 13.6. The van der Waals surface area contributed by atoms with Crippen LogP contribution in [0.1, 0.15) is 40.0 Å². The van der Waals surface area contributed by atoms with E-state index < -0.39 is 41.9 Å². The van der Waals surface area contributed by atoms with Crippen molar-refractivity contribution in [1.82, 2.24) is 10.0 Å². The first-order valence-corrected chi connectivity index (χ1v) is 12.3. The molecular formula is C24H18Cl4N2O4. The van der Waals surface area contributed by atoms with Crippen LogP contribution in [-0.4, -0.2) is 40.1 Å². The number of carbonyl (C=O) groups excluding carboxylic acids is 4. The zero-order chi connectivity index (χ0) is 24.3. The lowest BCUT2D eigenvalue weighted by atomic mass is 9.81. The van der Waals surface area contributed by atoms with E-state index in [2.05, 4.69) is 0 Å². The number of carbonyl (C=O) groups is 4. The highest BCUT2D eigenvalue weighted by Crippen LogP contribution is 2.56. The number of rotatable bonds is 5. The van der Waals surface area contributed by atoms with Gasteiger partial charge in [-0.15, -0.1) is 0 Å². The first-order chi connectivity index (χ1) is 16.2. The average molecular weight is 540 g/mol. The maximum Gasteiger partial charge on any atom is 0.273 e. The second kappa shape index (κ2) is 8.83. The van der Waals surface area contributed by atoms with Crippen molar-refractivity contribution in [3.63, 3.8) is 0 Å². The number of halogens is 4. The Labute approximate surface area is 215 Å². The van der Waals surface area contributed by atoms with Gasteiger partial charge in [0, 0.05) is 16.1 Å². The van der Waals surface area contributed by atoms with Crippen molar-refractivity contribution in [2.24, 2.45) is 23.7 Å². The molecule has 0 radical (unpaired) electrons. The number of hydrogen-bond acceptors (Lipinski definition) is 4. The Morgan fingerprint density at radius 3 is 2.09 bits per heavy atom. The topological polar surface area (TPSA) is 74.8 Å². The largest absolute Gasteiger partial charge is 0.292 e. The van der Waals surface area contributed by atoms with Crippen LogP contribution in [0.2, 0.25) is 20.1 Å². The standard InChI is InChI=1S/C24H18Cl4N2O4/c25-14-4-5-15(17(27)9-14)19(31)10-29(22(32)13-3-6-16(26)18(28)8-13)30-23(33)20-11-1-2-12(7-11)21(20)24(30)34/h3-6,8-9,11-12,20-21H,1-2,7,10H2/t11-,12-,20+,21+/m0/s1. The molecule has 2 aromatic carbocycles. The zero-order valence-corrected chi connectivity index (χ0v) is 20.7. The Kier molecular flexibility index (Phi) is 6.13. The van der Waals surface area contributed by atoms with Crippen LogP contribution in [0.3, 0.4) is 0 Å². The smallest absolute Gasteiger partial charge is 0.273 e. The van der Waals surface area contributed by atoms with Gasteiger partial charge >= 0.3 is 0 Å². The van der Waals surface area contributed by atoms with Gasteiger partial charge in [-0.2, -0.15) is 5.01 Å². The zero-order valence-electron chi connectivity index (χ0n) is 17.6. The molecule has 1 saturated heterocycles. The van der Waals surface area contributed by atoms with E-state index in [1.165, 1.54) is 36.4 Å². The summed E-state index contributed by atoms with van der Waals surface area (Å²) in [5, 5.41) is 2.61. The molecule has 2 bridgehead atoms. The molecule has 3 fully saturated rings. The van der Waals surface area contributed by atoms with E-state index in [9.17, 15) is 19.2 Å². The number of amides is 3. The second-order valence-corrected chi connectivity index (χ2v) is 10.6. The van der Waals surface area contributed by atoms with Crippen LogP contribution in [0.25, 0.3) is 0 Å². The SMILES string of the molecule is O=C(CN(C(=O)c1ccc(Cl)c(Cl)c1)N1C(=O)[C@@H]2[C@H]3CC[C@@H](C3)[C@H]2C1=O)c1ccc(Cl)cc1Cl. The van der Waals surface area contributed by atoms with E-state index in [1.807, 2.05) is 0 Å². The molecule has 176 valence electrons. The number of fused-ring (bicyclic) bond motifs is 5. The van der Waals surface area contributed by atoms with Crippen LogP contribution >= 0.6 is 46.4 Å². The number of imide groups is 1. The Morgan fingerprint density at radius 2 is 1.50 bits per heavy atom. The van der Waals surface area contributed by atoms with Crippen LogP contribution in [0, 0.1) is 23.7 Å². The minimum absolute atomic E-state index is 0.0880. The van der Waals surface area contributed by atoms with Crippen molar-refractivity contribution in [2.75, 3.05) is 6.54 Å². The number of hydrogen-bond donors (Lipinski definition) is 0. The van der Waals surface area contributed by atoms with Gasteiger partial charge in [-0.05, 0) is 67.5 Å². The van der Waals surface area contributed by atoms with E-state index in [4.69, 9.17) is 46.4 Å². The highest BCUT2D eigenvalue weighted by molar-refractivity contribution is 6.42. The van der Waals surface area contributed by atoms with Crippen molar-refractivity contribution < 1.29 is 19.2 Å². The lowest BCUT2D eigenvalue weighted by molar-refractivity contribution is -0.154. The molecule has 34 heavy (non-hydrogen) atoms. The number of benzene rings is 2. The van der Waals surface area contributed by atoms with Crippen molar-refractivity contribution in [2.45, 2.75) is 19.3 Å². The Bertz CT molecular complexity index is 1220. The quantitative estimate of drug-likeness (QED) is 0.367. The predicted molar refractivity (Wildman–Crippen MR) is 128 cm³/mol. The van der Waals surface area contributed by atoms with Gasteiger partial charge in [-0.3, -0.25) is 19.2 Å². The summed E-state index contributed by atoms with van der Waals surface area (Å²) in [7, 11) is 0. The van der Waals surface area contributed by atoms with Gasteiger partial charge in [0.05, 0.1) is 26.9 Å². The van der Waals surface area contributed by atoms with Gasteiger partial charge in [-0.1, -0.05) is 46.4 Å². The van der Waals surface area contributed by atoms with Gasteiger partial charge < -0.3 is 0 Å². The molecule has 2 aliphatic carbocycles. The van der Waals surface area contributed by atoms with Crippen molar-refractivity contribution in [3.05, 3.63) is 67.6 Å². The molecule has 0 unspecified atom stereocenters. The van der Waals surface area contributed by atoms with Crippen LogP contribution < -0.4 is 0 Å². The first kappa shape index (κ1) is 23.6. The fourth-order valence-corrected chi connectivity index (χ4v) is 6.39. The lowest BCUT2D eigenvalue weighted by Crippen LogP contribution is -2.52. The number of ketones is 1. The molecule has 0 N–H and O–H groups in total. The Hall–Kier alpha value is -2.12. The molecule has 3 amide bonds. The van der Waals surface area contributed by atoms with Gasteiger partial charge in [-0.25, -0.2) is 5.01 Å². The highest BCUT2D eigenvalue weighted by atomic mass is 35.5. The van der Waals surface area contributed by atoms with Crippen LogP contribution in [0.4, 0.5) is 0 Å². The molecule has 0 aromatic heterocycles. The molecule has 2 saturated carbocycles. The first-order valence-electron chi connectivity index (χ1n) is 10.8. The summed E-state index contributed by atoms with van der Waals surface area (Å²) in [6.07, 6.45) is 2.62. The molecule has 6 nitrogen and oxygen atoms in total. The minimum atomic E-state index is -0.717. The third-order valence-electron chi connectivity index (χ3n) is 7.07. The number of Topliss-reactive ketones (excluding diaryl/α,β-unsaturated/α-hetero) is 1. The van der Waals surface area contributed by atoms with Crippen LogP contribution in [-0.2, 0) is 9.59 Å². The lowest BCUT2D eigenvalue weighted by Gasteiger charge is -2.31. The Balaban J connectivity index is 1.52. The summed E-state index contributed by atoms with van der Waals surface area (Å²) in [4.78, 5) is 53.6. The van der Waals surface area contributed by atoms with E-state index in [-0.39, 0.29) is 38.0 Å². The monoisotopic (exact) mass is 538 g/mol. The summed E-state index contributed by atoms with van der Waals surface area (Å²) in [6, 6.07) is 8.57. The predicted octanol–water partition coefficient (Wildman–Crippen LogP) is 5.57. The van der Waals surface area contributed by atoms with E-state index in [1.54, 1.807) is 0 Å². The minimum Gasteiger partial charge on any atom is -0.292 e. The summed E-state index contributed by atoms with van der Waals surface area (Å²) < 4.78 is 0. The van der Waals surface area contributed by atoms with Crippen molar-refractivity contribution >= 4 is 69.9 Å². The molecule has 4 atom stereocenters. The summed E-state index contributed by atoms with van der Waals surface area (Å²) >= 11 is 24.2. The normalized spacial score (nSPS) is 25.1. The number of nitrogens with zero attached hydrogens (tertiary/aromatic N) is 2. The molecule has 2 aromatic rings. The third kappa shape index (κ3) is 3.81. The fraction of sp³-hybridized carbons (Fsp3) is 0.333. The maximum atomic E-state index is 13.6. The van der Waals surface area contributed by atoms with Crippen LogP contribution in [0.15, 0.2) is 36.4 Å². The summed E-state index contributed by atoms with van der Waals surface area (Å²) in [6.45, 7) is -0.563. The molecule has 10 heteroatoms. The van der Waals surface area contributed by atoms with Crippen LogP contribution in [0.5, 0.6) is 0 Å². The van der Waals surface area contributed by atoms with Gasteiger partial charge in [0.2, 0.25) is 0 Å². The van der Waals surface area contributed by atoms with E-state index in [0.717, 1.165) is 29.3 Å². The molecule has 0 spiro atoms. The molecular weight excluding hydrogens is 522 g/mol. The Morgan fingerprint density at radius 1 is 0.853 bits per heavy atom. The molecule has 1 heterocycles. The average Bonchev–Trinajstić information content (AvgIpc) is 3.47. The van der Waals surface area contributed by atoms with E-state index in [0.29, 0.717) is 5.02 Å². The van der Waals surface area contributed by atoms with Crippen molar-refractivity contribution in [3.8, 4) is 0 Å². The second-order valence-electron chi connectivity index (χ2n) is 8.91. The number of hydrazine groups is 1. The molecule has 5 rings (SSSR count). The van der Waals surface area contributed by atoms with E-state index >= 15 is 0 Å². The van der Waals surface area contributed by atoms with Gasteiger partial charge in [0.25, 0.3) is 17.7 Å². The highest BCUT2D eigenvalue weighted by Gasteiger charge is 2.62. The van der Waals surface area contributed by atoms with Gasteiger partial charge in [0.15, 0.2) is 5.78 Å². The fourth-order valence-electron chi connectivity index (χ4n) is 5.58. The van der Waals surface area contributed by atoms with Crippen molar-refractivity contribution in [1.29, 1.82) is 0 Å². The third-order valence-corrected chi connectivity index (χ3v) is 8.36. The van der Waals surface area contributed by atoms with Gasteiger partial charge in [0.1, 0.15) is 6.54 Å². The molecule has 3 aliphatic rings. The molecule has 1 aliphatic heterocycles.